The molecule has 3 aliphatic rings. The largest absolute Gasteiger partial charge is 0.461 e. The van der Waals surface area contributed by atoms with Crippen LogP contribution in [0.2, 0.25) is 0 Å². The molecule has 3 aromatic rings. The normalized spacial score (nSPS) is 22.5. The van der Waals surface area contributed by atoms with Crippen molar-refractivity contribution in [2.24, 2.45) is 11.1 Å². The highest BCUT2D eigenvalue weighted by atomic mass is 16.5. The van der Waals surface area contributed by atoms with Crippen LogP contribution in [-0.4, -0.2) is 36.1 Å². The van der Waals surface area contributed by atoms with E-state index in [1.807, 2.05) is 6.20 Å². The fourth-order valence-corrected chi connectivity index (χ4v) is 6.72. The number of ether oxygens (including phenoxy) is 1. The lowest BCUT2D eigenvalue weighted by Crippen LogP contribution is -2.56. The van der Waals surface area contributed by atoms with E-state index in [0.717, 1.165) is 75.2 Å². The predicted molar refractivity (Wildman–Crippen MR) is 139 cm³/mol. The van der Waals surface area contributed by atoms with E-state index >= 15 is 0 Å². The topological polar surface area (TPSA) is 93.4 Å². The second kappa shape index (κ2) is 9.30. The van der Waals surface area contributed by atoms with Gasteiger partial charge < -0.3 is 20.7 Å². The number of benzene rings is 2. The van der Waals surface area contributed by atoms with Crippen molar-refractivity contribution >= 4 is 18.0 Å². The summed E-state index contributed by atoms with van der Waals surface area (Å²) in [4.78, 5) is 23.7. The molecule has 1 aromatic heterocycles. The van der Waals surface area contributed by atoms with Crippen LogP contribution >= 0.6 is 0 Å². The highest BCUT2D eigenvalue weighted by Crippen LogP contribution is 2.56. The molecule has 7 heteroatoms. The number of piperidine rings is 1. The Morgan fingerprint density at radius 2 is 1.83 bits per heavy atom. The zero-order chi connectivity index (χ0) is 24.6. The molecule has 1 spiro atoms. The molecule has 2 aliphatic heterocycles. The van der Waals surface area contributed by atoms with Crippen LogP contribution in [-0.2, 0) is 34.5 Å². The fraction of sp³-hybridized carbons (Fsp3) is 0.414. The number of nitrogens with zero attached hydrogens (tertiary/aromatic N) is 3. The summed E-state index contributed by atoms with van der Waals surface area (Å²) in [5.74, 6) is 0.770. The van der Waals surface area contributed by atoms with Crippen LogP contribution in [0.25, 0.3) is 0 Å². The first-order valence-electron chi connectivity index (χ1n) is 13.0. The van der Waals surface area contributed by atoms with Gasteiger partial charge in [-0.25, -0.2) is 4.98 Å². The summed E-state index contributed by atoms with van der Waals surface area (Å²) in [6.45, 7) is 3.23. The summed E-state index contributed by atoms with van der Waals surface area (Å²) in [5, 5.41) is 3.50. The Labute approximate surface area is 212 Å². The molecule has 0 saturated carbocycles. The highest BCUT2D eigenvalue weighted by Gasteiger charge is 2.58. The summed E-state index contributed by atoms with van der Waals surface area (Å²) < 4.78 is 5.30. The summed E-state index contributed by atoms with van der Waals surface area (Å²) in [7, 11) is 0. The number of para-hydroxylation sites is 1. The molecular weight excluding hydrogens is 450 g/mol. The van der Waals surface area contributed by atoms with E-state index in [1.54, 1.807) is 0 Å². The van der Waals surface area contributed by atoms with Crippen LogP contribution in [0.3, 0.4) is 0 Å². The third-order valence-corrected chi connectivity index (χ3v) is 8.50. The van der Waals surface area contributed by atoms with Gasteiger partial charge in [-0.05, 0) is 74.4 Å². The van der Waals surface area contributed by atoms with E-state index < -0.39 is 5.54 Å². The van der Waals surface area contributed by atoms with Gasteiger partial charge >= 0.3 is 0 Å². The number of anilines is 2. The number of carbonyl (C=O) groups excluding carboxylic acids is 1. The van der Waals surface area contributed by atoms with Gasteiger partial charge in [-0.1, -0.05) is 42.5 Å². The van der Waals surface area contributed by atoms with Gasteiger partial charge in [-0.3, -0.25) is 9.78 Å². The Kier molecular flexibility index (Phi) is 5.97. The molecule has 36 heavy (non-hydrogen) atoms. The second-order valence-electron chi connectivity index (χ2n) is 10.3. The van der Waals surface area contributed by atoms with Crippen molar-refractivity contribution in [1.29, 1.82) is 0 Å². The van der Waals surface area contributed by atoms with Crippen molar-refractivity contribution in [2.75, 3.05) is 24.5 Å². The Balaban J connectivity index is 1.50. The van der Waals surface area contributed by atoms with Crippen molar-refractivity contribution in [3.05, 3.63) is 82.8 Å². The third-order valence-electron chi connectivity index (χ3n) is 8.50. The van der Waals surface area contributed by atoms with Gasteiger partial charge in [0.25, 0.3) is 6.47 Å². The lowest BCUT2D eigenvalue weighted by Gasteiger charge is -2.47. The van der Waals surface area contributed by atoms with E-state index in [2.05, 4.69) is 58.7 Å². The number of rotatable bonds is 5. The number of nitrogens with one attached hydrogen (secondary N) is 1. The number of hydrogen-bond acceptors (Lipinski definition) is 7. The first-order chi connectivity index (χ1) is 17.7. The van der Waals surface area contributed by atoms with E-state index in [-0.39, 0.29) is 12.0 Å². The van der Waals surface area contributed by atoms with Crippen LogP contribution in [0, 0.1) is 5.41 Å². The molecule has 1 saturated heterocycles. The standard InChI is InChI=1S/C29H33N5O2/c30-29(23-10-3-1-9-22(23)17-28(29)12-14-31-15-13-28)27-24(19-36-20-35)33-26(18-32-27)34-16-6-5-8-21-7-2-4-11-25(21)34/h1-4,7,9-11,18,20,31H,5-6,8,12-17,19,30H2. The molecule has 3 heterocycles. The molecule has 1 fully saturated rings. The van der Waals surface area contributed by atoms with E-state index in [4.69, 9.17) is 20.4 Å². The zero-order valence-corrected chi connectivity index (χ0v) is 20.6. The maximum Gasteiger partial charge on any atom is 0.293 e. The van der Waals surface area contributed by atoms with Crippen molar-refractivity contribution < 1.29 is 9.53 Å². The number of nitrogens with two attached hydrogens (primary N) is 1. The van der Waals surface area contributed by atoms with Crippen molar-refractivity contribution in [3.63, 3.8) is 0 Å². The van der Waals surface area contributed by atoms with Gasteiger partial charge in [-0.2, -0.15) is 0 Å². The molecule has 7 nitrogen and oxygen atoms in total. The molecule has 6 rings (SSSR count). The van der Waals surface area contributed by atoms with Gasteiger partial charge in [0, 0.05) is 17.6 Å². The average molecular weight is 484 g/mol. The lowest BCUT2D eigenvalue weighted by atomic mass is 9.63. The number of aromatic nitrogens is 2. The SMILES string of the molecule is NC1(c2ncc(N3CCCCc4ccccc43)nc2COC=O)c2ccccc2CC12CCNCC2. The number of carbonyl (C=O) groups is 1. The molecular formula is C29H33N5O2. The van der Waals surface area contributed by atoms with Gasteiger partial charge in [0.2, 0.25) is 0 Å². The Hall–Kier alpha value is -3.29. The number of fused-ring (bicyclic) bond motifs is 2. The smallest absolute Gasteiger partial charge is 0.293 e. The van der Waals surface area contributed by atoms with Crippen molar-refractivity contribution in [2.45, 2.75) is 50.7 Å². The summed E-state index contributed by atoms with van der Waals surface area (Å²) in [6.07, 6.45) is 7.95. The lowest BCUT2D eigenvalue weighted by molar-refractivity contribution is -0.129. The first-order valence-corrected chi connectivity index (χ1v) is 13.0. The third kappa shape index (κ3) is 3.61. The number of hydrogen-bond donors (Lipinski definition) is 2. The van der Waals surface area contributed by atoms with Crippen molar-refractivity contribution in [1.82, 2.24) is 15.3 Å². The minimum atomic E-state index is -0.810. The minimum Gasteiger partial charge on any atom is -0.461 e. The maximum atomic E-state index is 11.3. The quantitative estimate of drug-likeness (QED) is 0.534. The molecule has 1 atom stereocenters. The van der Waals surface area contributed by atoms with E-state index in [9.17, 15) is 4.79 Å². The summed E-state index contributed by atoms with van der Waals surface area (Å²) in [6, 6.07) is 17.0. The van der Waals surface area contributed by atoms with Crippen LogP contribution in [0.5, 0.6) is 0 Å². The maximum absolute atomic E-state index is 11.3. The fourth-order valence-electron chi connectivity index (χ4n) is 6.72. The Morgan fingerprint density at radius 3 is 2.67 bits per heavy atom. The van der Waals surface area contributed by atoms with E-state index in [1.165, 1.54) is 16.8 Å². The van der Waals surface area contributed by atoms with Gasteiger partial charge in [0.1, 0.15) is 12.3 Å². The van der Waals surface area contributed by atoms with Gasteiger partial charge in [-0.15, -0.1) is 0 Å². The minimum absolute atomic E-state index is 0.0462. The van der Waals surface area contributed by atoms with Crippen LogP contribution in [0.1, 0.15) is 53.8 Å². The molecule has 186 valence electrons. The average Bonchev–Trinajstić information content (AvgIpc) is 3.04. The first kappa shape index (κ1) is 23.1. The highest BCUT2D eigenvalue weighted by molar-refractivity contribution is 5.64. The monoisotopic (exact) mass is 483 g/mol. The molecule has 0 radical (unpaired) electrons. The molecule has 2 aromatic carbocycles. The van der Waals surface area contributed by atoms with E-state index in [0.29, 0.717) is 12.2 Å². The van der Waals surface area contributed by atoms with Crippen molar-refractivity contribution in [3.8, 4) is 0 Å². The number of aryl methyl sites for hydroxylation is 1. The second-order valence-corrected chi connectivity index (χ2v) is 10.3. The van der Waals surface area contributed by atoms with Gasteiger partial charge in [0.05, 0.1) is 17.4 Å². The molecule has 1 unspecified atom stereocenters. The predicted octanol–water partition coefficient (Wildman–Crippen LogP) is 3.75. The Morgan fingerprint density at radius 1 is 1.06 bits per heavy atom. The Bertz CT molecular complexity index is 1270. The summed E-state index contributed by atoms with van der Waals surface area (Å²) in [5.41, 5.74) is 12.8. The molecule has 0 amide bonds. The van der Waals surface area contributed by atoms with Crippen LogP contribution in [0.4, 0.5) is 11.5 Å². The van der Waals surface area contributed by atoms with Gasteiger partial charge in [0.15, 0.2) is 5.82 Å². The van der Waals surface area contributed by atoms with Crippen LogP contribution in [0.15, 0.2) is 54.7 Å². The molecule has 1 aliphatic carbocycles. The summed E-state index contributed by atoms with van der Waals surface area (Å²) >= 11 is 0. The van der Waals surface area contributed by atoms with Crippen LogP contribution < -0.4 is 16.0 Å². The molecule has 3 N–H and O–H groups in total. The zero-order valence-electron chi connectivity index (χ0n) is 20.6. The molecule has 0 bridgehead atoms.